The van der Waals surface area contributed by atoms with E-state index >= 15 is 0 Å². The zero-order valence-corrected chi connectivity index (χ0v) is 13.4. The Kier molecular flexibility index (Phi) is 5.94. The molecule has 0 saturated carbocycles. The Morgan fingerprint density at radius 1 is 1.08 bits per heavy atom. The summed E-state index contributed by atoms with van der Waals surface area (Å²) < 4.78 is 26.3. The van der Waals surface area contributed by atoms with Gasteiger partial charge >= 0.3 is 0 Å². The normalized spacial score (nSPS) is 11.6. The van der Waals surface area contributed by atoms with Gasteiger partial charge in [-0.15, -0.1) is 0 Å². The number of carbonyl (C=O) groups is 2. The molecule has 0 aromatic heterocycles. The van der Waals surface area contributed by atoms with E-state index in [0.29, 0.717) is 11.6 Å². The molecule has 3 N–H and O–H groups in total. The number of primary amides is 1. The molecule has 2 rings (SSSR count). The summed E-state index contributed by atoms with van der Waals surface area (Å²) >= 11 is 0. The molecule has 0 unspecified atom stereocenters. The summed E-state index contributed by atoms with van der Waals surface area (Å²) in [5.74, 6) is -3.07. The lowest BCUT2D eigenvalue weighted by Crippen LogP contribution is -2.46. The first kappa shape index (κ1) is 19.0. The molecule has 0 aliphatic heterocycles. The number of non-ortho nitro benzene ring substituents is 1. The Labute approximate surface area is 147 Å². The second-order valence-electron chi connectivity index (χ2n) is 5.60. The number of nitro groups is 1. The molecule has 0 bridgehead atoms. The van der Waals surface area contributed by atoms with Gasteiger partial charge in [-0.25, -0.2) is 8.78 Å². The second-order valence-corrected chi connectivity index (χ2v) is 5.60. The fourth-order valence-electron chi connectivity index (χ4n) is 2.36. The summed E-state index contributed by atoms with van der Waals surface area (Å²) in [5, 5.41) is 13.0. The van der Waals surface area contributed by atoms with Crippen LogP contribution in [-0.4, -0.2) is 22.8 Å². The van der Waals surface area contributed by atoms with Gasteiger partial charge in [0.25, 0.3) is 5.69 Å². The number of nitrogens with two attached hydrogens (primary N) is 1. The standard InChI is InChI=1S/C17H15F2N3O4/c18-12-5-11(6-13(19)9-12)8-16(23)21-15(17(20)24)7-10-1-3-14(4-2-10)22(25)26/h1-6,9,15H,7-8H2,(H2,20,24)(H,21,23)/t15-/m1/s1. The van der Waals surface area contributed by atoms with Crippen LogP contribution in [0.2, 0.25) is 0 Å². The van der Waals surface area contributed by atoms with E-state index in [1.54, 1.807) is 0 Å². The van der Waals surface area contributed by atoms with Gasteiger partial charge in [-0.2, -0.15) is 0 Å². The lowest BCUT2D eigenvalue weighted by atomic mass is 10.0. The number of nitrogens with one attached hydrogen (secondary N) is 1. The van der Waals surface area contributed by atoms with E-state index in [1.165, 1.54) is 24.3 Å². The Balaban J connectivity index is 2.03. The van der Waals surface area contributed by atoms with Crippen molar-refractivity contribution in [2.75, 3.05) is 0 Å². The van der Waals surface area contributed by atoms with Crippen LogP contribution in [0.4, 0.5) is 14.5 Å². The van der Waals surface area contributed by atoms with Crippen molar-refractivity contribution in [2.24, 2.45) is 5.73 Å². The van der Waals surface area contributed by atoms with Gasteiger partial charge in [0.1, 0.15) is 17.7 Å². The van der Waals surface area contributed by atoms with E-state index in [0.717, 1.165) is 12.1 Å². The molecular formula is C17H15F2N3O4. The number of amides is 2. The summed E-state index contributed by atoms with van der Waals surface area (Å²) in [6.07, 6.45) is -0.310. The molecule has 2 aromatic rings. The summed E-state index contributed by atoms with van der Waals surface area (Å²) in [6, 6.07) is 7.07. The molecule has 0 fully saturated rings. The van der Waals surface area contributed by atoms with Crippen LogP contribution in [-0.2, 0) is 22.4 Å². The minimum Gasteiger partial charge on any atom is -0.368 e. The van der Waals surface area contributed by atoms with Crippen LogP contribution in [0.1, 0.15) is 11.1 Å². The minimum atomic E-state index is -1.07. The Morgan fingerprint density at radius 2 is 1.65 bits per heavy atom. The monoisotopic (exact) mass is 363 g/mol. The number of halogens is 2. The van der Waals surface area contributed by atoms with E-state index in [2.05, 4.69) is 5.32 Å². The van der Waals surface area contributed by atoms with Crippen molar-refractivity contribution >= 4 is 17.5 Å². The first-order valence-electron chi connectivity index (χ1n) is 7.51. The van der Waals surface area contributed by atoms with Crippen molar-refractivity contribution in [3.05, 3.63) is 75.3 Å². The predicted octanol–water partition coefficient (Wildman–Crippen LogP) is 1.63. The molecule has 0 saturated heterocycles. The summed E-state index contributed by atoms with van der Waals surface area (Å²) in [4.78, 5) is 33.7. The number of hydrogen-bond donors (Lipinski definition) is 2. The number of rotatable bonds is 7. The van der Waals surface area contributed by atoms with Gasteiger partial charge in [0.05, 0.1) is 11.3 Å². The van der Waals surface area contributed by atoms with Crippen LogP contribution in [0.25, 0.3) is 0 Å². The number of hydrogen-bond acceptors (Lipinski definition) is 4. The number of carbonyl (C=O) groups excluding carboxylic acids is 2. The van der Waals surface area contributed by atoms with Crippen LogP contribution in [0.3, 0.4) is 0 Å². The highest BCUT2D eigenvalue weighted by atomic mass is 19.1. The van der Waals surface area contributed by atoms with Crippen molar-refractivity contribution in [3.8, 4) is 0 Å². The fraction of sp³-hybridized carbons (Fsp3) is 0.176. The van der Waals surface area contributed by atoms with Crippen molar-refractivity contribution in [1.29, 1.82) is 0 Å². The van der Waals surface area contributed by atoms with Crippen LogP contribution in [0.5, 0.6) is 0 Å². The Bertz CT molecular complexity index is 820. The van der Waals surface area contributed by atoms with Crippen molar-refractivity contribution in [2.45, 2.75) is 18.9 Å². The van der Waals surface area contributed by atoms with Crippen LogP contribution >= 0.6 is 0 Å². The van der Waals surface area contributed by atoms with E-state index in [9.17, 15) is 28.5 Å². The highest BCUT2D eigenvalue weighted by molar-refractivity contribution is 5.87. The molecule has 136 valence electrons. The maximum atomic E-state index is 13.2. The van der Waals surface area contributed by atoms with Crippen LogP contribution in [0, 0.1) is 21.7 Å². The molecule has 0 aliphatic rings. The van der Waals surface area contributed by atoms with E-state index in [-0.39, 0.29) is 24.1 Å². The third-order valence-electron chi connectivity index (χ3n) is 3.55. The topological polar surface area (TPSA) is 115 Å². The average Bonchev–Trinajstić information content (AvgIpc) is 2.53. The van der Waals surface area contributed by atoms with Gasteiger partial charge in [0.2, 0.25) is 11.8 Å². The maximum absolute atomic E-state index is 13.2. The molecule has 7 nitrogen and oxygen atoms in total. The Hall–Kier alpha value is -3.36. The van der Waals surface area contributed by atoms with Crippen molar-refractivity contribution in [1.82, 2.24) is 5.32 Å². The van der Waals surface area contributed by atoms with E-state index in [1.807, 2.05) is 0 Å². The quantitative estimate of drug-likeness (QED) is 0.574. The molecule has 0 radical (unpaired) electrons. The van der Waals surface area contributed by atoms with Gasteiger partial charge in [0, 0.05) is 24.6 Å². The third-order valence-corrected chi connectivity index (χ3v) is 3.55. The fourth-order valence-corrected chi connectivity index (χ4v) is 2.36. The van der Waals surface area contributed by atoms with Gasteiger partial charge in [-0.3, -0.25) is 19.7 Å². The Morgan fingerprint density at radius 3 is 2.15 bits per heavy atom. The van der Waals surface area contributed by atoms with Crippen LogP contribution < -0.4 is 11.1 Å². The summed E-state index contributed by atoms with van der Waals surface area (Å²) in [5.41, 5.74) is 5.82. The second kappa shape index (κ2) is 8.15. The largest absolute Gasteiger partial charge is 0.368 e. The molecule has 2 aromatic carbocycles. The van der Waals surface area contributed by atoms with Gasteiger partial charge in [-0.1, -0.05) is 12.1 Å². The minimum absolute atomic E-state index is 0.0244. The SMILES string of the molecule is NC(=O)[C@@H](Cc1ccc([N+](=O)[O-])cc1)NC(=O)Cc1cc(F)cc(F)c1. The maximum Gasteiger partial charge on any atom is 0.269 e. The molecule has 0 aliphatic carbocycles. The van der Waals surface area contributed by atoms with Gasteiger partial charge < -0.3 is 11.1 Å². The number of benzene rings is 2. The molecule has 0 heterocycles. The van der Waals surface area contributed by atoms with E-state index in [4.69, 9.17) is 5.73 Å². The van der Waals surface area contributed by atoms with Crippen molar-refractivity contribution < 1.29 is 23.3 Å². The molecule has 26 heavy (non-hydrogen) atoms. The van der Waals surface area contributed by atoms with Gasteiger partial charge in [0.15, 0.2) is 0 Å². The first-order chi connectivity index (χ1) is 12.2. The zero-order valence-electron chi connectivity index (χ0n) is 13.4. The highest BCUT2D eigenvalue weighted by Crippen LogP contribution is 2.13. The van der Waals surface area contributed by atoms with Gasteiger partial charge in [-0.05, 0) is 23.3 Å². The number of nitrogens with zero attached hydrogens (tertiary/aromatic N) is 1. The molecule has 0 spiro atoms. The molecule has 9 heteroatoms. The molecule has 1 atom stereocenters. The molecule has 2 amide bonds. The summed E-state index contributed by atoms with van der Waals surface area (Å²) in [7, 11) is 0. The predicted molar refractivity (Wildman–Crippen MR) is 88.0 cm³/mol. The van der Waals surface area contributed by atoms with Crippen molar-refractivity contribution in [3.63, 3.8) is 0 Å². The smallest absolute Gasteiger partial charge is 0.269 e. The van der Waals surface area contributed by atoms with E-state index < -0.39 is 34.4 Å². The first-order valence-corrected chi connectivity index (χ1v) is 7.51. The summed E-state index contributed by atoms with van der Waals surface area (Å²) in [6.45, 7) is 0. The lowest BCUT2D eigenvalue weighted by Gasteiger charge is -2.15. The highest BCUT2D eigenvalue weighted by Gasteiger charge is 2.19. The number of nitro benzene ring substituents is 1. The van der Waals surface area contributed by atoms with Crippen LogP contribution in [0.15, 0.2) is 42.5 Å². The lowest BCUT2D eigenvalue weighted by molar-refractivity contribution is -0.384. The zero-order chi connectivity index (χ0) is 19.3. The average molecular weight is 363 g/mol. The third kappa shape index (κ3) is 5.33. The molecular weight excluding hydrogens is 348 g/mol.